The summed E-state index contributed by atoms with van der Waals surface area (Å²) in [5.74, 6) is 0.682. The van der Waals surface area contributed by atoms with E-state index in [0.29, 0.717) is 23.9 Å². The van der Waals surface area contributed by atoms with Crippen LogP contribution < -0.4 is 36.5 Å². The number of benzene rings is 2. The van der Waals surface area contributed by atoms with Gasteiger partial charge in [0.15, 0.2) is 12.7 Å². The van der Waals surface area contributed by atoms with Gasteiger partial charge in [0.2, 0.25) is 5.51 Å². The standard InChI is InChI=1S/C33H46ClN3O2S.BrH/c1-3-4-5-6-7-8-9-10-11-12-13-14-21-39-32-24-29(18-19-31(32)34)26-37(33(38)35-2)30-17-15-16-28(23-30)25-36-20-22-40-27-36;/h15-20,22-24,27H,3-14,21,25-26H2,1-2H3;1H. The lowest BCUT2D eigenvalue weighted by Crippen LogP contribution is -3.00. The first-order chi connectivity index (χ1) is 19.6. The van der Waals surface area contributed by atoms with Crippen molar-refractivity contribution in [2.75, 3.05) is 18.6 Å². The number of hydrogen-bond donors (Lipinski definition) is 1. The van der Waals surface area contributed by atoms with Gasteiger partial charge in [0.1, 0.15) is 5.75 Å². The summed E-state index contributed by atoms with van der Waals surface area (Å²) in [5.41, 5.74) is 5.03. The van der Waals surface area contributed by atoms with Crippen LogP contribution in [0.2, 0.25) is 5.02 Å². The normalized spacial score (nSPS) is 10.7. The van der Waals surface area contributed by atoms with Gasteiger partial charge in [0, 0.05) is 18.3 Å². The molecule has 8 heteroatoms. The minimum absolute atomic E-state index is 0. The van der Waals surface area contributed by atoms with Crippen molar-refractivity contribution in [1.82, 2.24) is 5.32 Å². The number of aromatic nitrogens is 1. The highest BCUT2D eigenvalue weighted by molar-refractivity contribution is 7.07. The second-order valence-corrected chi connectivity index (χ2v) is 11.7. The fourth-order valence-corrected chi connectivity index (χ4v) is 5.64. The topological polar surface area (TPSA) is 45.5 Å². The number of rotatable bonds is 19. The molecule has 1 heterocycles. The van der Waals surface area contributed by atoms with Crippen LogP contribution in [-0.2, 0) is 13.1 Å². The maximum absolute atomic E-state index is 12.9. The number of halogens is 2. The van der Waals surface area contributed by atoms with Crippen molar-refractivity contribution < 1.29 is 31.1 Å². The number of carbonyl (C=O) groups excluding carboxylic acids is 1. The zero-order valence-corrected chi connectivity index (χ0v) is 27.9. The lowest BCUT2D eigenvalue weighted by atomic mass is 10.1. The van der Waals surface area contributed by atoms with Crippen LogP contribution in [0.4, 0.5) is 10.5 Å². The Morgan fingerprint density at radius 2 is 1.61 bits per heavy atom. The van der Waals surface area contributed by atoms with E-state index in [-0.39, 0.29) is 23.0 Å². The smallest absolute Gasteiger partial charge is 0.321 e. The third-order valence-electron chi connectivity index (χ3n) is 7.17. The van der Waals surface area contributed by atoms with E-state index in [0.717, 1.165) is 29.8 Å². The Morgan fingerprint density at radius 1 is 0.927 bits per heavy atom. The molecule has 5 nitrogen and oxygen atoms in total. The number of amides is 2. The summed E-state index contributed by atoms with van der Waals surface area (Å²) >= 11 is 8.12. The van der Waals surface area contributed by atoms with Gasteiger partial charge in [0.25, 0.3) is 0 Å². The van der Waals surface area contributed by atoms with Gasteiger partial charge < -0.3 is 27.0 Å². The van der Waals surface area contributed by atoms with Crippen LogP contribution in [0.5, 0.6) is 5.75 Å². The molecule has 0 aliphatic carbocycles. The van der Waals surface area contributed by atoms with Gasteiger partial charge in [-0.3, -0.25) is 4.90 Å². The first kappa shape index (κ1) is 35.1. The fourth-order valence-electron chi connectivity index (χ4n) is 4.87. The molecule has 0 unspecified atom stereocenters. The van der Waals surface area contributed by atoms with Crippen molar-refractivity contribution in [2.24, 2.45) is 0 Å². The van der Waals surface area contributed by atoms with E-state index in [1.54, 1.807) is 23.3 Å². The molecule has 0 bridgehead atoms. The van der Waals surface area contributed by atoms with Crippen molar-refractivity contribution in [3.05, 3.63) is 75.7 Å². The van der Waals surface area contributed by atoms with Gasteiger partial charge >= 0.3 is 6.03 Å². The number of unbranched alkanes of at least 4 members (excludes halogenated alkanes) is 11. The molecule has 0 aliphatic rings. The van der Waals surface area contributed by atoms with Crippen LogP contribution in [0.1, 0.15) is 95.1 Å². The molecule has 1 aromatic heterocycles. The van der Waals surface area contributed by atoms with E-state index >= 15 is 0 Å². The number of urea groups is 1. The summed E-state index contributed by atoms with van der Waals surface area (Å²) in [5, 5.41) is 5.44. The van der Waals surface area contributed by atoms with E-state index in [1.807, 2.05) is 30.3 Å². The molecule has 2 amide bonds. The molecule has 1 N–H and O–H groups in total. The second-order valence-electron chi connectivity index (χ2n) is 10.5. The first-order valence-electron chi connectivity index (χ1n) is 15.0. The molecule has 3 aromatic rings. The number of carbonyl (C=O) groups is 1. The SMILES string of the molecule is CCCCCCCCCCCCCCOc1cc(CN(C(=O)NC)c2cccc(C[n+]3ccsc3)c2)ccc1Cl.[Br-]. The first-order valence-corrected chi connectivity index (χ1v) is 16.3. The zero-order chi connectivity index (χ0) is 28.4. The zero-order valence-electron chi connectivity index (χ0n) is 24.8. The number of thiazole rings is 1. The molecule has 0 aliphatic heterocycles. The second kappa shape index (κ2) is 20.7. The Hall–Kier alpha value is -2.09. The summed E-state index contributed by atoms with van der Waals surface area (Å²) in [6.45, 7) is 4.10. The summed E-state index contributed by atoms with van der Waals surface area (Å²) in [6, 6.07) is 13.7. The Labute approximate surface area is 267 Å². The van der Waals surface area contributed by atoms with Crippen molar-refractivity contribution in [1.29, 1.82) is 0 Å². The molecule has 0 saturated carbocycles. The number of ether oxygens (including phenoxy) is 1. The molecule has 226 valence electrons. The Kier molecular flexibility index (Phi) is 17.8. The lowest BCUT2D eigenvalue weighted by Gasteiger charge is -2.23. The molecule has 0 atom stereocenters. The van der Waals surface area contributed by atoms with Crippen LogP contribution in [0.15, 0.2) is 59.6 Å². The predicted molar refractivity (Wildman–Crippen MR) is 169 cm³/mol. The van der Waals surface area contributed by atoms with Crippen LogP contribution in [0.3, 0.4) is 0 Å². The van der Waals surface area contributed by atoms with Crippen molar-refractivity contribution in [2.45, 2.75) is 97.1 Å². The van der Waals surface area contributed by atoms with Gasteiger partial charge in [-0.05, 0) is 36.2 Å². The molecule has 2 aromatic carbocycles. The molecule has 3 rings (SSSR count). The van der Waals surface area contributed by atoms with Gasteiger partial charge in [0.05, 0.1) is 23.6 Å². The highest BCUT2D eigenvalue weighted by Crippen LogP contribution is 2.28. The molecule has 0 spiro atoms. The van der Waals surface area contributed by atoms with E-state index < -0.39 is 0 Å². The summed E-state index contributed by atoms with van der Waals surface area (Å²) in [6.07, 6.45) is 17.9. The van der Waals surface area contributed by atoms with Gasteiger partial charge in [-0.2, -0.15) is 4.57 Å². The summed E-state index contributed by atoms with van der Waals surface area (Å²) in [4.78, 5) is 14.6. The molecular weight excluding hydrogens is 618 g/mol. The fraction of sp³-hybridized carbons (Fsp3) is 0.515. The molecular formula is C33H47BrClN3O2S. The van der Waals surface area contributed by atoms with Gasteiger partial charge in [-0.25, -0.2) is 4.79 Å². The van der Waals surface area contributed by atoms with E-state index in [4.69, 9.17) is 16.3 Å². The number of nitrogens with zero attached hydrogens (tertiary/aromatic N) is 2. The lowest BCUT2D eigenvalue weighted by molar-refractivity contribution is -0.683. The summed E-state index contributed by atoms with van der Waals surface area (Å²) < 4.78 is 8.20. The van der Waals surface area contributed by atoms with E-state index in [9.17, 15) is 4.79 Å². The van der Waals surface area contributed by atoms with Crippen molar-refractivity contribution in [3.63, 3.8) is 0 Å². The average molecular weight is 665 g/mol. The Balaban J connectivity index is 0.00000588. The third kappa shape index (κ3) is 13.2. The number of nitrogens with one attached hydrogen (secondary N) is 1. The van der Waals surface area contributed by atoms with Crippen LogP contribution in [-0.4, -0.2) is 19.7 Å². The van der Waals surface area contributed by atoms with Gasteiger partial charge in [-0.1, -0.05) is 119 Å². The minimum atomic E-state index is -0.158. The highest BCUT2D eigenvalue weighted by Gasteiger charge is 2.17. The Morgan fingerprint density at radius 3 is 2.24 bits per heavy atom. The maximum Gasteiger partial charge on any atom is 0.321 e. The highest BCUT2D eigenvalue weighted by atomic mass is 79.9. The summed E-state index contributed by atoms with van der Waals surface area (Å²) in [7, 11) is 1.66. The molecule has 0 saturated heterocycles. The maximum atomic E-state index is 12.9. The molecule has 0 radical (unpaired) electrons. The van der Waals surface area contributed by atoms with Crippen LogP contribution in [0, 0.1) is 0 Å². The van der Waals surface area contributed by atoms with Crippen molar-refractivity contribution >= 4 is 34.7 Å². The molecule has 0 fully saturated rings. The largest absolute Gasteiger partial charge is 1.00 e. The van der Waals surface area contributed by atoms with Crippen LogP contribution >= 0.6 is 22.9 Å². The van der Waals surface area contributed by atoms with Gasteiger partial charge in [-0.15, -0.1) is 0 Å². The Bertz CT molecular complexity index is 1130. The monoisotopic (exact) mass is 663 g/mol. The number of anilines is 1. The molecule has 41 heavy (non-hydrogen) atoms. The minimum Gasteiger partial charge on any atom is -1.00 e. The average Bonchev–Trinajstić information content (AvgIpc) is 3.48. The predicted octanol–water partition coefficient (Wildman–Crippen LogP) is 6.17. The van der Waals surface area contributed by atoms with E-state index in [1.165, 1.54) is 70.6 Å². The number of hydrogen-bond acceptors (Lipinski definition) is 3. The third-order valence-corrected chi connectivity index (χ3v) is 8.15. The quantitative estimate of drug-likeness (QED) is 0.123. The van der Waals surface area contributed by atoms with Crippen LogP contribution in [0.25, 0.3) is 0 Å². The van der Waals surface area contributed by atoms with Crippen molar-refractivity contribution in [3.8, 4) is 5.75 Å². The van der Waals surface area contributed by atoms with E-state index in [2.05, 4.69) is 46.0 Å².